The molecule has 1 aliphatic rings. The molecular weight excluding hydrogens is 400 g/mol. The number of fused-ring (bicyclic) bond motifs is 1. The molecule has 160 valence electrons. The molecule has 1 aliphatic carbocycles. The van der Waals surface area contributed by atoms with Gasteiger partial charge < -0.3 is 15.1 Å². The number of rotatable bonds is 5. The van der Waals surface area contributed by atoms with Gasteiger partial charge in [0.1, 0.15) is 5.58 Å². The Balaban J connectivity index is 1.64. The largest absolute Gasteiger partial charge is 0.421 e. The third kappa shape index (κ3) is 4.66. The maximum Gasteiger partial charge on any atom is 0.362 e. The second kappa shape index (κ2) is 8.86. The van der Waals surface area contributed by atoms with Gasteiger partial charge in [-0.15, -0.1) is 0 Å². The first kappa shape index (κ1) is 20.4. The summed E-state index contributed by atoms with van der Waals surface area (Å²) >= 11 is 0. The molecule has 4 rings (SSSR count). The summed E-state index contributed by atoms with van der Waals surface area (Å²) in [5.41, 5.74) is 0.364. The lowest BCUT2D eigenvalue weighted by molar-refractivity contribution is -0.384. The van der Waals surface area contributed by atoms with Crippen LogP contribution in [0.2, 0.25) is 0 Å². The summed E-state index contributed by atoms with van der Waals surface area (Å²) in [6.45, 7) is 0. The number of nitrogens with zero attached hydrogens (tertiary/aromatic N) is 1. The molecule has 1 heterocycles. The Bertz CT molecular complexity index is 1180. The molecule has 1 aromatic heterocycles. The third-order valence-electron chi connectivity index (χ3n) is 5.32. The number of amides is 2. The number of benzene rings is 2. The molecule has 2 aromatic carbocycles. The minimum absolute atomic E-state index is 0.00667. The molecule has 0 saturated heterocycles. The molecule has 3 aromatic rings. The quantitative estimate of drug-likeness (QED) is 0.299. The fourth-order valence-corrected chi connectivity index (χ4v) is 3.84. The van der Waals surface area contributed by atoms with Crippen LogP contribution in [0.5, 0.6) is 0 Å². The molecule has 0 spiro atoms. The smallest absolute Gasteiger partial charge is 0.362 e. The normalized spacial score (nSPS) is 14.2. The maximum absolute atomic E-state index is 12.7. The summed E-state index contributed by atoms with van der Waals surface area (Å²) in [6.07, 6.45) is 5.36. The lowest BCUT2D eigenvalue weighted by atomic mass is 9.95. The molecule has 9 heteroatoms. The minimum atomic E-state index is -0.699. The molecule has 0 unspecified atom stereocenters. The monoisotopic (exact) mass is 422 g/mol. The highest BCUT2D eigenvalue weighted by atomic mass is 16.6. The lowest BCUT2D eigenvalue weighted by Crippen LogP contribution is -2.27. The van der Waals surface area contributed by atoms with Gasteiger partial charge in [0.2, 0.25) is 0 Å². The lowest BCUT2D eigenvalue weighted by Gasteiger charge is -2.25. The summed E-state index contributed by atoms with van der Waals surface area (Å²) in [5, 5.41) is 20.2. The number of hydrogen-bond donors (Lipinski definition) is 3. The molecule has 1 saturated carbocycles. The molecule has 1 fully saturated rings. The van der Waals surface area contributed by atoms with Gasteiger partial charge >= 0.3 is 11.7 Å². The first-order valence-corrected chi connectivity index (χ1v) is 10.2. The number of para-hydroxylation sites is 1. The van der Waals surface area contributed by atoms with Crippen LogP contribution in [-0.4, -0.2) is 17.0 Å². The average molecular weight is 422 g/mol. The van der Waals surface area contributed by atoms with E-state index in [1.54, 1.807) is 12.1 Å². The van der Waals surface area contributed by atoms with Crippen molar-refractivity contribution in [2.75, 3.05) is 16.0 Å². The van der Waals surface area contributed by atoms with Crippen LogP contribution in [0.4, 0.5) is 27.5 Å². The van der Waals surface area contributed by atoms with Crippen LogP contribution in [0.3, 0.4) is 0 Å². The summed E-state index contributed by atoms with van der Waals surface area (Å²) in [6, 6.07) is 12.2. The first-order chi connectivity index (χ1) is 15.0. The van der Waals surface area contributed by atoms with Gasteiger partial charge in [-0.1, -0.05) is 37.5 Å². The molecule has 9 nitrogen and oxygen atoms in total. The fourth-order valence-electron chi connectivity index (χ4n) is 3.84. The predicted molar refractivity (Wildman–Crippen MR) is 119 cm³/mol. The minimum Gasteiger partial charge on any atom is -0.421 e. The van der Waals surface area contributed by atoms with E-state index < -0.39 is 16.6 Å². The zero-order valence-electron chi connectivity index (χ0n) is 16.7. The van der Waals surface area contributed by atoms with Gasteiger partial charge in [0.15, 0.2) is 5.69 Å². The molecule has 0 aliphatic heterocycles. The van der Waals surface area contributed by atoms with E-state index in [9.17, 15) is 19.7 Å². The van der Waals surface area contributed by atoms with Gasteiger partial charge in [-0.2, -0.15) is 0 Å². The van der Waals surface area contributed by atoms with Crippen molar-refractivity contribution in [3.63, 3.8) is 0 Å². The number of carbonyl (C=O) groups excluding carboxylic acids is 1. The van der Waals surface area contributed by atoms with Crippen molar-refractivity contribution in [1.29, 1.82) is 0 Å². The zero-order chi connectivity index (χ0) is 21.8. The molecule has 0 radical (unpaired) electrons. The number of carbonyl (C=O) groups is 1. The van der Waals surface area contributed by atoms with Crippen LogP contribution in [0.25, 0.3) is 11.0 Å². The Morgan fingerprint density at radius 1 is 1.00 bits per heavy atom. The fraction of sp³-hybridized carbons (Fsp3) is 0.273. The van der Waals surface area contributed by atoms with E-state index in [1.807, 2.05) is 12.1 Å². The van der Waals surface area contributed by atoms with Crippen molar-refractivity contribution in [2.45, 2.75) is 38.1 Å². The Kier molecular flexibility index (Phi) is 5.83. The summed E-state index contributed by atoms with van der Waals surface area (Å²) in [5.74, 6) is 0. The number of non-ortho nitro benzene ring substituents is 1. The van der Waals surface area contributed by atoms with E-state index in [0.29, 0.717) is 16.7 Å². The number of urea groups is 1. The van der Waals surface area contributed by atoms with E-state index in [4.69, 9.17) is 4.42 Å². The van der Waals surface area contributed by atoms with E-state index in [0.717, 1.165) is 25.7 Å². The summed E-state index contributed by atoms with van der Waals surface area (Å²) in [7, 11) is 0. The first-order valence-electron chi connectivity index (χ1n) is 10.2. The molecule has 2 amide bonds. The van der Waals surface area contributed by atoms with Gasteiger partial charge in [-0.05, 0) is 31.0 Å². The van der Waals surface area contributed by atoms with Gasteiger partial charge in [0.05, 0.1) is 10.6 Å². The zero-order valence-corrected chi connectivity index (χ0v) is 16.7. The second-order valence-electron chi connectivity index (χ2n) is 7.50. The molecule has 0 atom stereocenters. The maximum atomic E-state index is 12.7. The Hall–Kier alpha value is -3.88. The highest BCUT2D eigenvalue weighted by Crippen LogP contribution is 2.32. The van der Waals surface area contributed by atoms with Crippen molar-refractivity contribution in [2.24, 2.45) is 0 Å². The van der Waals surface area contributed by atoms with Crippen LogP contribution in [0.15, 0.2) is 57.7 Å². The number of nitro benzene ring substituents is 1. The van der Waals surface area contributed by atoms with Crippen molar-refractivity contribution in [1.82, 2.24) is 0 Å². The highest BCUT2D eigenvalue weighted by Gasteiger charge is 2.21. The molecule has 0 bridgehead atoms. The van der Waals surface area contributed by atoms with Crippen LogP contribution in [-0.2, 0) is 0 Å². The van der Waals surface area contributed by atoms with Crippen molar-refractivity contribution >= 4 is 39.7 Å². The van der Waals surface area contributed by atoms with Gasteiger partial charge in [0, 0.05) is 29.2 Å². The van der Waals surface area contributed by atoms with Gasteiger partial charge in [-0.3, -0.25) is 15.4 Å². The second-order valence-corrected chi connectivity index (χ2v) is 7.50. The Morgan fingerprint density at radius 3 is 2.55 bits per heavy atom. The van der Waals surface area contributed by atoms with Crippen LogP contribution < -0.4 is 21.6 Å². The molecule has 31 heavy (non-hydrogen) atoms. The summed E-state index contributed by atoms with van der Waals surface area (Å²) < 4.78 is 5.40. The average Bonchev–Trinajstić information content (AvgIpc) is 2.77. The van der Waals surface area contributed by atoms with E-state index in [-0.39, 0.29) is 23.1 Å². The number of nitrogens with one attached hydrogen (secondary N) is 3. The Morgan fingerprint density at radius 2 is 1.77 bits per heavy atom. The SMILES string of the molecule is O=C(Nc1cccc([N+](=O)[O-])c1)Nc1c(NC2CCCCC2)c2ccccc2oc1=O. The van der Waals surface area contributed by atoms with Crippen molar-refractivity contribution in [3.05, 3.63) is 69.1 Å². The van der Waals surface area contributed by atoms with E-state index in [2.05, 4.69) is 16.0 Å². The van der Waals surface area contributed by atoms with Crippen LogP contribution in [0.1, 0.15) is 32.1 Å². The topological polar surface area (TPSA) is 127 Å². The van der Waals surface area contributed by atoms with Crippen LogP contribution in [0, 0.1) is 10.1 Å². The van der Waals surface area contributed by atoms with Crippen LogP contribution >= 0.6 is 0 Å². The number of nitro groups is 1. The number of hydrogen-bond acceptors (Lipinski definition) is 6. The number of anilines is 3. The standard InChI is InChI=1S/C22H22N4O5/c27-21-20(25-22(28)24-15-9-6-10-16(13-15)26(29)30)19(23-14-7-2-1-3-8-14)17-11-4-5-12-18(17)31-21/h4-6,9-14,23H,1-3,7-8H2,(H2,24,25,28). The predicted octanol–water partition coefficient (Wildman–Crippen LogP) is 5.09. The third-order valence-corrected chi connectivity index (χ3v) is 5.32. The highest BCUT2D eigenvalue weighted by molar-refractivity contribution is 6.05. The molecule has 3 N–H and O–H groups in total. The molecular formula is C22H22N4O5. The van der Waals surface area contributed by atoms with E-state index in [1.165, 1.54) is 30.7 Å². The van der Waals surface area contributed by atoms with Crippen molar-refractivity contribution < 1.29 is 14.1 Å². The Labute approximate surface area is 177 Å². The van der Waals surface area contributed by atoms with Gasteiger partial charge in [-0.25, -0.2) is 9.59 Å². The van der Waals surface area contributed by atoms with Gasteiger partial charge in [0.25, 0.3) is 5.69 Å². The van der Waals surface area contributed by atoms with E-state index >= 15 is 0 Å². The summed E-state index contributed by atoms with van der Waals surface area (Å²) in [4.78, 5) is 35.7. The van der Waals surface area contributed by atoms with Crippen molar-refractivity contribution in [3.8, 4) is 0 Å².